The lowest BCUT2D eigenvalue weighted by atomic mass is 10.1. The molecule has 3 aromatic carbocycles. The van der Waals surface area contributed by atoms with E-state index in [1.54, 1.807) is 30.6 Å². The van der Waals surface area contributed by atoms with Gasteiger partial charge >= 0.3 is 5.97 Å². The summed E-state index contributed by atoms with van der Waals surface area (Å²) in [6, 6.07) is 25.4. The molecule has 8 heteroatoms. The number of carbonyl (C=O) groups excluding carboxylic acids is 1. The number of hydrogen-bond acceptors (Lipinski definition) is 6. The first kappa shape index (κ1) is 24.9. The Balaban J connectivity index is 1.54. The summed E-state index contributed by atoms with van der Waals surface area (Å²) in [6.07, 6.45) is -0.108. The standard InChI is InChI=1S/C28H27N3O4S/c1-35-25-10-6-5-9-23(25)24-19-36-28(30-24)31(17-20-7-3-2-4-8-20)18-21-11-13-22(14-12-21)27(34)29-16-15-26(32)33/h2-14,19H,15-18H2,1H3,(H,29,34)(H,32,33). The fourth-order valence-corrected chi connectivity index (χ4v) is 4.58. The first-order valence-electron chi connectivity index (χ1n) is 11.5. The van der Waals surface area contributed by atoms with Crippen LogP contribution in [0.15, 0.2) is 84.2 Å². The molecule has 7 nitrogen and oxygen atoms in total. The van der Waals surface area contributed by atoms with E-state index in [0.717, 1.165) is 27.7 Å². The number of aromatic nitrogens is 1. The number of aliphatic carboxylic acids is 1. The van der Waals surface area contributed by atoms with E-state index >= 15 is 0 Å². The molecule has 184 valence electrons. The maximum atomic E-state index is 12.3. The Bertz CT molecular complexity index is 1310. The maximum absolute atomic E-state index is 12.3. The molecule has 36 heavy (non-hydrogen) atoms. The highest BCUT2D eigenvalue weighted by atomic mass is 32.1. The van der Waals surface area contributed by atoms with Gasteiger partial charge in [-0.25, -0.2) is 4.98 Å². The summed E-state index contributed by atoms with van der Waals surface area (Å²) in [5, 5.41) is 14.3. The number of carbonyl (C=O) groups is 2. The smallest absolute Gasteiger partial charge is 0.305 e. The largest absolute Gasteiger partial charge is 0.496 e. The minimum Gasteiger partial charge on any atom is -0.496 e. The van der Waals surface area contributed by atoms with Gasteiger partial charge in [0.05, 0.1) is 19.2 Å². The molecule has 4 aromatic rings. The number of para-hydroxylation sites is 1. The number of thiazole rings is 1. The molecule has 0 saturated heterocycles. The summed E-state index contributed by atoms with van der Waals surface area (Å²) in [5.41, 5.74) is 4.49. The van der Waals surface area contributed by atoms with Crippen LogP contribution in [-0.4, -0.2) is 35.6 Å². The van der Waals surface area contributed by atoms with Crippen LogP contribution >= 0.6 is 11.3 Å². The van der Waals surface area contributed by atoms with Crippen molar-refractivity contribution in [3.63, 3.8) is 0 Å². The van der Waals surface area contributed by atoms with Crippen LogP contribution in [0.3, 0.4) is 0 Å². The Kier molecular flexibility index (Phi) is 8.31. The van der Waals surface area contributed by atoms with Gasteiger partial charge in [0.15, 0.2) is 5.13 Å². The van der Waals surface area contributed by atoms with Crippen molar-refractivity contribution in [1.29, 1.82) is 0 Å². The lowest BCUT2D eigenvalue weighted by Crippen LogP contribution is -2.26. The van der Waals surface area contributed by atoms with E-state index in [4.69, 9.17) is 14.8 Å². The molecule has 2 N–H and O–H groups in total. The van der Waals surface area contributed by atoms with E-state index in [1.165, 1.54) is 5.56 Å². The number of amides is 1. The summed E-state index contributed by atoms with van der Waals surface area (Å²) in [4.78, 5) is 30.1. The second-order valence-corrected chi connectivity index (χ2v) is 8.99. The highest BCUT2D eigenvalue weighted by Crippen LogP contribution is 2.34. The minimum atomic E-state index is -0.944. The van der Waals surface area contributed by atoms with Crippen LogP contribution in [0, 0.1) is 0 Å². The second-order valence-electron chi connectivity index (χ2n) is 8.15. The Morgan fingerprint density at radius 1 is 0.944 bits per heavy atom. The molecule has 0 spiro atoms. The van der Waals surface area contributed by atoms with E-state index in [1.807, 2.05) is 60.0 Å². The molecule has 0 bridgehead atoms. The summed E-state index contributed by atoms with van der Waals surface area (Å²) in [7, 11) is 1.66. The van der Waals surface area contributed by atoms with E-state index in [9.17, 15) is 9.59 Å². The van der Waals surface area contributed by atoms with Crippen molar-refractivity contribution < 1.29 is 19.4 Å². The highest BCUT2D eigenvalue weighted by Gasteiger charge is 2.16. The van der Waals surface area contributed by atoms with Gasteiger partial charge < -0.3 is 20.1 Å². The minimum absolute atomic E-state index is 0.0966. The molecule has 0 aliphatic carbocycles. The number of hydrogen-bond donors (Lipinski definition) is 2. The summed E-state index contributed by atoms with van der Waals surface area (Å²) in [6.45, 7) is 1.38. The maximum Gasteiger partial charge on any atom is 0.305 e. The Morgan fingerprint density at radius 3 is 2.31 bits per heavy atom. The summed E-state index contributed by atoms with van der Waals surface area (Å²) in [5.74, 6) is -0.452. The lowest BCUT2D eigenvalue weighted by Gasteiger charge is -2.22. The summed E-state index contributed by atoms with van der Waals surface area (Å²) >= 11 is 1.58. The highest BCUT2D eigenvalue weighted by molar-refractivity contribution is 7.14. The third-order valence-corrected chi connectivity index (χ3v) is 6.48. The molecule has 0 unspecified atom stereocenters. The molecule has 0 saturated carbocycles. The topological polar surface area (TPSA) is 91.8 Å². The van der Waals surface area contributed by atoms with E-state index < -0.39 is 5.97 Å². The van der Waals surface area contributed by atoms with E-state index in [-0.39, 0.29) is 18.9 Å². The average molecular weight is 502 g/mol. The molecule has 0 aliphatic heterocycles. The number of nitrogens with zero attached hydrogens (tertiary/aromatic N) is 2. The quantitative estimate of drug-likeness (QED) is 0.292. The van der Waals surface area contributed by atoms with Crippen LogP contribution in [0.1, 0.15) is 27.9 Å². The van der Waals surface area contributed by atoms with Crippen LogP contribution in [0.4, 0.5) is 5.13 Å². The number of anilines is 1. The second kappa shape index (κ2) is 12.0. The zero-order chi connectivity index (χ0) is 25.3. The number of benzene rings is 3. The lowest BCUT2D eigenvalue weighted by molar-refractivity contribution is -0.136. The molecule has 1 heterocycles. The van der Waals surface area contributed by atoms with Crippen molar-refractivity contribution >= 4 is 28.3 Å². The Hall–Kier alpha value is -4.17. The van der Waals surface area contributed by atoms with Crippen LogP contribution in [0.2, 0.25) is 0 Å². The van der Waals surface area contributed by atoms with Gasteiger partial charge in [0.25, 0.3) is 5.91 Å². The van der Waals surface area contributed by atoms with Gasteiger partial charge in [-0.15, -0.1) is 11.3 Å². The molecule has 1 aromatic heterocycles. The molecular formula is C28H27N3O4S. The zero-order valence-electron chi connectivity index (χ0n) is 19.9. The van der Waals surface area contributed by atoms with Crippen LogP contribution in [-0.2, 0) is 17.9 Å². The van der Waals surface area contributed by atoms with E-state index in [0.29, 0.717) is 18.7 Å². The van der Waals surface area contributed by atoms with Gasteiger partial charge in [-0.3, -0.25) is 9.59 Å². The third kappa shape index (κ3) is 6.49. The molecular weight excluding hydrogens is 474 g/mol. The van der Waals surface area contributed by atoms with Gasteiger partial charge in [0.1, 0.15) is 5.75 Å². The van der Waals surface area contributed by atoms with Gasteiger partial charge in [0, 0.05) is 36.1 Å². The van der Waals surface area contributed by atoms with Gasteiger partial charge in [-0.2, -0.15) is 0 Å². The van der Waals surface area contributed by atoms with Crippen LogP contribution < -0.4 is 15.0 Å². The van der Waals surface area contributed by atoms with Crippen molar-refractivity contribution in [1.82, 2.24) is 10.3 Å². The van der Waals surface area contributed by atoms with Gasteiger partial charge in [-0.1, -0.05) is 54.6 Å². The predicted molar refractivity (Wildman–Crippen MR) is 141 cm³/mol. The number of rotatable bonds is 11. The van der Waals surface area contributed by atoms with Crippen molar-refractivity contribution in [3.8, 4) is 17.0 Å². The first-order chi connectivity index (χ1) is 17.5. The predicted octanol–water partition coefficient (Wildman–Crippen LogP) is 5.23. The normalized spacial score (nSPS) is 10.6. The fourth-order valence-electron chi connectivity index (χ4n) is 3.75. The number of methoxy groups -OCH3 is 1. The number of nitrogens with one attached hydrogen (secondary N) is 1. The van der Waals surface area contributed by atoms with E-state index in [2.05, 4.69) is 22.3 Å². The van der Waals surface area contributed by atoms with Crippen molar-refractivity contribution in [2.45, 2.75) is 19.5 Å². The molecule has 0 atom stereocenters. The van der Waals surface area contributed by atoms with Gasteiger partial charge in [0.2, 0.25) is 0 Å². The Labute approximate surface area is 214 Å². The van der Waals surface area contributed by atoms with Crippen molar-refractivity contribution in [3.05, 3.63) is 101 Å². The molecule has 1 amide bonds. The van der Waals surface area contributed by atoms with Crippen LogP contribution in [0.25, 0.3) is 11.3 Å². The third-order valence-electron chi connectivity index (χ3n) is 5.58. The van der Waals surface area contributed by atoms with Crippen molar-refractivity contribution in [2.24, 2.45) is 0 Å². The van der Waals surface area contributed by atoms with Crippen LogP contribution in [0.5, 0.6) is 5.75 Å². The number of carboxylic acid groups (broad SMARTS) is 1. The summed E-state index contributed by atoms with van der Waals surface area (Å²) < 4.78 is 5.52. The number of ether oxygens (including phenoxy) is 1. The first-order valence-corrected chi connectivity index (χ1v) is 12.4. The number of carboxylic acids is 1. The van der Waals surface area contributed by atoms with Gasteiger partial charge in [-0.05, 0) is 35.4 Å². The SMILES string of the molecule is COc1ccccc1-c1csc(N(Cc2ccccc2)Cc2ccc(C(=O)NCCC(=O)O)cc2)n1. The fraction of sp³-hybridized carbons (Fsp3) is 0.179. The monoisotopic (exact) mass is 501 g/mol. The molecule has 0 aliphatic rings. The molecule has 0 radical (unpaired) electrons. The Morgan fingerprint density at radius 2 is 1.61 bits per heavy atom. The van der Waals surface area contributed by atoms with Crippen molar-refractivity contribution in [2.75, 3.05) is 18.6 Å². The molecule has 4 rings (SSSR count). The average Bonchev–Trinajstić information content (AvgIpc) is 3.39. The molecule has 0 fully saturated rings. The zero-order valence-corrected chi connectivity index (χ0v) is 20.7.